The molecule has 0 saturated heterocycles. The van der Waals surface area contributed by atoms with Gasteiger partial charge in [-0.15, -0.1) is 0 Å². The standard InChI is InChI=1S/C14H21Cl2N3O/c1-2-17-13-11(15)8-12(16)14(19-13)18-6-3-7-20-9-10-4-5-10/h8,10H,2-7,9H2,1H3,(H2,17,18,19). The summed E-state index contributed by atoms with van der Waals surface area (Å²) < 4.78 is 5.58. The van der Waals surface area contributed by atoms with Gasteiger partial charge in [0.05, 0.1) is 10.0 Å². The van der Waals surface area contributed by atoms with Gasteiger partial charge in [0.15, 0.2) is 0 Å². The van der Waals surface area contributed by atoms with Crippen molar-refractivity contribution in [2.75, 3.05) is 36.9 Å². The SMILES string of the molecule is CCNc1nc(NCCCOCC2CC2)c(Cl)cc1Cl. The fraction of sp³-hybridized carbons (Fsp3) is 0.643. The molecule has 0 radical (unpaired) electrons. The Hall–Kier alpha value is -0.710. The van der Waals surface area contributed by atoms with Crippen molar-refractivity contribution in [3.05, 3.63) is 16.1 Å². The molecule has 20 heavy (non-hydrogen) atoms. The molecule has 0 aliphatic heterocycles. The Bertz CT molecular complexity index is 439. The summed E-state index contributed by atoms with van der Waals surface area (Å²) in [6.45, 7) is 5.23. The Kier molecular flexibility index (Phi) is 6.20. The number of nitrogens with one attached hydrogen (secondary N) is 2. The Morgan fingerprint density at radius 1 is 1.25 bits per heavy atom. The van der Waals surface area contributed by atoms with Crippen LogP contribution in [0, 0.1) is 5.92 Å². The minimum Gasteiger partial charge on any atom is -0.381 e. The van der Waals surface area contributed by atoms with E-state index in [2.05, 4.69) is 15.6 Å². The maximum atomic E-state index is 6.12. The zero-order chi connectivity index (χ0) is 14.4. The summed E-state index contributed by atoms with van der Waals surface area (Å²) in [5.74, 6) is 2.14. The van der Waals surface area contributed by atoms with Gasteiger partial charge in [0.2, 0.25) is 0 Å². The van der Waals surface area contributed by atoms with Crippen molar-refractivity contribution in [2.24, 2.45) is 5.92 Å². The van der Waals surface area contributed by atoms with Gasteiger partial charge in [-0.05, 0) is 38.2 Å². The fourth-order valence-corrected chi connectivity index (χ4v) is 2.29. The van der Waals surface area contributed by atoms with E-state index in [1.165, 1.54) is 12.8 Å². The summed E-state index contributed by atoms with van der Waals surface area (Å²) in [7, 11) is 0. The third-order valence-corrected chi connectivity index (χ3v) is 3.66. The van der Waals surface area contributed by atoms with Crippen molar-refractivity contribution in [3.8, 4) is 0 Å². The molecule has 1 heterocycles. The third kappa shape index (κ3) is 5.00. The van der Waals surface area contributed by atoms with E-state index in [0.717, 1.165) is 38.6 Å². The van der Waals surface area contributed by atoms with Gasteiger partial charge in [-0.3, -0.25) is 0 Å². The summed E-state index contributed by atoms with van der Waals surface area (Å²) in [5.41, 5.74) is 0. The topological polar surface area (TPSA) is 46.2 Å². The summed E-state index contributed by atoms with van der Waals surface area (Å²) >= 11 is 12.2. The largest absolute Gasteiger partial charge is 0.381 e. The summed E-state index contributed by atoms with van der Waals surface area (Å²) in [5, 5.41) is 7.40. The van der Waals surface area contributed by atoms with Crippen molar-refractivity contribution >= 4 is 34.8 Å². The molecule has 1 aromatic rings. The van der Waals surface area contributed by atoms with Crippen LogP contribution in [0.4, 0.5) is 11.6 Å². The number of aromatic nitrogens is 1. The van der Waals surface area contributed by atoms with Crippen LogP contribution in [0.15, 0.2) is 6.07 Å². The third-order valence-electron chi connectivity index (χ3n) is 3.08. The first-order chi connectivity index (χ1) is 9.70. The lowest BCUT2D eigenvalue weighted by Crippen LogP contribution is -2.09. The second-order valence-corrected chi connectivity index (χ2v) is 5.79. The van der Waals surface area contributed by atoms with Crippen molar-refractivity contribution in [3.63, 3.8) is 0 Å². The molecule has 1 fully saturated rings. The molecule has 1 aliphatic rings. The van der Waals surface area contributed by atoms with Gasteiger partial charge in [0.1, 0.15) is 11.6 Å². The molecular formula is C14H21Cl2N3O. The van der Waals surface area contributed by atoms with Gasteiger partial charge in [-0.1, -0.05) is 23.2 Å². The highest BCUT2D eigenvalue weighted by atomic mass is 35.5. The molecule has 0 spiro atoms. The minimum atomic E-state index is 0.537. The van der Waals surface area contributed by atoms with Gasteiger partial charge >= 0.3 is 0 Å². The molecule has 0 bridgehead atoms. The Labute approximate surface area is 130 Å². The Balaban J connectivity index is 1.74. The van der Waals surface area contributed by atoms with Crippen molar-refractivity contribution in [1.29, 1.82) is 0 Å². The van der Waals surface area contributed by atoms with E-state index < -0.39 is 0 Å². The summed E-state index contributed by atoms with van der Waals surface area (Å²) in [6.07, 6.45) is 3.59. The highest BCUT2D eigenvalue weighted by Crippen LogP contribution is 2.29. The quantitative estimate of drug-likeness (QED) is 0.674. The molecule has 112 valence electrons. The second-order valence-electron chi connectivity index (χ2n) is 4.98. The number of hydrogen-bond donors (Lipinski definition) is 2. The first-order valence-corrected chi connectivity index (χ1v) is 7.87. The van der Waals surface area contributed by atoms with Crippen molar-refractivity contribution < 1.29 is 4.74 Å². The molecule has 2 N–H and O–H groups in total. The van der Waals surface area contributed by atoms with Gasteiger partial charge in [-0.2, -0.15) is 0 Å². The normalized spacial score (nSPS) is 14.3. The molecule has 0 atom stereocenters. The molecule has 1 saturated carbocycles. The number of hydrogen-bond acceptors (Lipinski definition) is 4. The number of halogens is 2. The van der Waals surface area contributed by atoms with E-state index in [0.29, 0.717) is 21.7 Å². The van der Waals surface area contributed by atoms with E-state index in [1.54, 1.807) is 6.07 Å². The number of rotatable bonds is 9. The maximum Gasteiger partial charge on any atom is 0.147 e. The van der Waals surface area contributed by atoms with E-state index in [-0.39, 0.29) is 0 Å². The first-order valence-electron chi connectivity index (χ1n) is 7.12. The van der Waals surface area contributed by atoms with Crippen LogP contribution in [0.1, 0.15) is 26.2 Å². The first kappa shape index (κ1) is 15.7. The van der Waals surface area contributed by atoms with E-state index in [4.69, 9.17) is 27.9 Å². The van der Waals surface area contributed by atoms with Crippen LogP contribution in [0.3, 0.4) is 0 Å². The lowest BCUT2D eigenvalue weighted by Gasteiger charge is -2.11. The molecule has 2 rings (SSSR count). The van der Waals surface area contributed by atoms with E-state index >= 15 is 0 Å². The van der Waals surface area contributed by atoms with Gasteiger partial charge in [-0.25, -0.2) is 4.98 Å². The highest BCUT2D eigenvalue weighted by molar-refractivity contribution is 6.37. The van der Waals surface area contributed by atoms with E-state index in [9.17, 15) is 0 Å². The van der Waals surface area contributed by atoms with Crippen LogP contribution >= 0.6 is 23.2 Å². The van der Waals surface area contributed by atoms with Gasteiger partial charge < -0.3 is 15.4 Å². The monoisotopic (exact) mass is 317 g/mol. The van der Waals surface area contributed by atoms with Gasteiger partial charge in [0.25, 0.3) is 0 Å². The Morgan fingerprint density at radius 3 is 2.60 bits per heavy atom. The number of anilines is 2. The van der Waals surface area contributed by atoms with Gasteiger partial charge in [0, 0.05) is 26.3 Å². The fourth-order valence-electron chi connectivity index (χ4n) is 1.80. The lowest BCUT2D eigenvalue weighted by atomic mass is 10.4. The number of pyridine rings is 1. The van der Waals surface area contributed by atoms with Crippen LogP contribution in [-0.4, -0.2) is 31.3 Å². The molecule has 6 heteroatoms. The van der Waals surface area contributed by atoms with Crippen LogP contribution in [0.5, 0.6) is 0 Å². The molecule has 1 aliphatic carbocycles. The molecular weight excluding hydrogens is 297 g/mol. The highest BCUT2D eigenvalue weighted by Gasteiger charge is 2.20. The molecule has 0 amide bonds. The number of ether oxygens (including phenoxy) is 1. The predicted molar refractivity (Wildman–Crippen MR) is 85.1 cm³/mol. The Morgan fingerprint density at radius 2 is 1.95 bits per heavy atom. The molecule has 0 unspecified atom stereocenters. The zero-order valence-corrected chi connectivity index (χ0v) is 13.2. The molecule has 0 aromatic carbocycles. The summed E-state index contributed by atoms with van der Waals surface area (Å²) in [4.78, 5) is 4.39. The van der Waals surface area contributed by atoms with Crippen molar-refractivity contribution in [2.45, 2.75) is 26.2 Å². The number of nitrogens with zero attached hydrogens (tertiary/aromatic N) is 1. The molecule has 4 nitrogen and oxygen atoms in total. The maximum absolute atomic E-state index is 6.12. The van der Waals surface area contributed by atoms with Crippen LogP contribution in [0.25, 0.3) is 0 Å². The zero-order valence-electron chi connectivity index (χ0n) is 11.7. The second kappa shape index (κ2) is 7.91. The van der Waals surface area contributed by atoms with Crippen LogP contribution < -0.4 is 10.6 Å². The van der Waals surface area contributed by atoms with Crippen molar-refractivity contribution in [1.82, 2.24) is 4.98 Å². The average Bonchev–Trinajstić information content (AvgIpc) is 3.22. The lowest BCUT2D eigenvalue weighted by molar-refractivity contribution is 0.124. The molecule has 1 aromatic heterocycles. The van der Waals surface area contributed by atoms with E-state index in [1.807, 2.05) is 6.92 Å². The van der Waals surface area contributed by atoms with Crippen LogP contribution in [0.2, 0.25) is 10.0 Å². The minimum absolute atomic E-state index is 0.537. The average molecular weight is 318 g/mol. The predicted octanol–water partition coefficient (Wildman–Crippen LogP) is 4.05. The summed E-state index contributed by atoms with van der Waals surface area (Å²) in [6, 6.07) is 1.71. The smallest absolute Gasteiger partial charge is 0.147 e. The van der Waals surface area contributed by atoms with Crippen LogP contribution in [-0.2, 0) is 4.74 Å².